The van der Waals surface area contributed by atoms with Crippen LogP contribution in [0.25, 0.3) is 0 Å². The monoisotopic (exact) mass is 534 g/mol. The maximum Gasteiger partial charge on any atom is 0.410 e. The van der Waals surface area contributed by atoms with Crippen molar-refractivity contribution in [3.63, 3.8) is 0 Å². The number of aliphatic carboxylic acids is 2. The minimum atomic E-state index is -1.19. The number of carboxylic acids is 2. The molecule has 0 unspecified atom stereocenters. The van der Waals surface area contributed by atoms with Gasteiger partial charge >= 0.3 is 18.0 Å². The highest BCUT2D eigenvalue weighted by atomic mass is 32.1. The second-order valence-electron chi connectivity index (χ2n) is 9.36. The van der Waals surface area contributed by atoms with Crippen LogP contribution in [0.1, 0.15) is 46.4 Å². The first kappa shape index (κ1) is 27.8. The van der Waals surface area contributed by atoms with E-state index in [4.69, 9.17) is 24.4 Å². The van der Waals surface area contributed by atoms with Gasteiger partial charge < -0.3 is 34.6 Å². The van der Waals surface area contributed by atoms with Crippen molar-refractivity contribution < 1.29 is 43.6 Å². The van der Waals surface area contributed by atoms with Crippen molar-refractivity contribution in [2.24, 2.45) is 0 Å². The summed E-state index contributed by atoms with van der Waals surface area (Å²) >= 11 is 1.41. The van der Waals surface area contributed by atoms with E-state index < -0.39 is 30.8 Å². The van der Waals surface area contributed by atoms with Gasteiger partial charge in [0.05, 0.1) is 11.4 Å². The first-order valence-corrected chi connectivity index (χ1v) is 12.4. The Balaban J connectivity index is 1.57. The number of thiophene rings is 1. The molecule has 1 aromatic heterocycles. The van der Waals surface area contributed by atoms with Crippen molar-refractivity contribution >= 4 is 35.3 Å². The highest BCUT2D eigenvalue weighted by Gasteiger charge is 2.27. The van der Waals surface area contributed by atoms with Gasteiger partial charge in [0.25, 0.3) is 5.91 Å². The lowest BCUT2D eigenvalue weighted by Crippen LogP contribution is -2.39. The molecule has 0 aliphatic carbocycles. The molecule has 2 heterocycles. The maximum absolute atomic E-state index is 12.7. The van der Waals surface area contributed by atoms with Gasteiger partial charge in [0.1, 0.15) is 5.60 Å². The first-order chi connectivity index (χ1) is 17.4. The van der Waals surface area contributed by atoms with Crippen molar-refractivity contribution in [2.75, 3.05) is 26.3 Å². The molecule has 0 atom stereocenters. The zero-order valence-corrected chi connectivity index (χ0v) is 21.7. The van der Waals surface area contributed by atoms with Gasteiger partial charge in [0.2, 0.25) is 0 Å². The fourth-order valence-electron chi connectivity index (χ4n) is 3.55. The van der Waals surface area contributed by atoms with Gasteiger partial charge in [-0.05, 0) is 62.9 Å². The summed E-state index contributed by atoms with van der Waals surface area (Å²) in [4.78, 5) is 50.0. The van der Waals surface area contributed by atoms with Crippen LogP contribution in [0.2, 0.25) is 0 Å². The first-order valence-electron chi connectivity index (χ1n) is 11.6. The van der Waals surface area contributed by atoms with Gasteiger partial charge in [0.15, 0.2) is 24.7 Å². The highest BCUT2D eigenvalue weighted by Crippen LogP contribution is 2.30. The minimum absolute atomic E-state index is 0.105. The van der Waals surface area contributed by atoms with E-state index in [9.17, 15) is 19.2 Å². The topological polar surface area (TPSA) is 152 Å². The van der Waals surface area contributed by atoms with E-state index in [0.29, 0.717) is 37.4 Å². The molecule has 3 N–H and O–H groups in total. The van der Waals surface area contributed by atoms with E-state index in [1.165, 1.54) is 17.4 Å². The third kappa shape index (κ3) is 8.38. The predicted molar refractivity (Wildman–Crippen MR) is 133 cm³/mol. The zero-order valence-electron chi connectivity index (χ0n) is 20.9. The number of nitrogens with zero attached hydrogens (tertiary/aromatic N) is 1. The Kier molecular flexibility index (Phi) is 8.98. The van der Waals surface area contributed by atoms with Gasteiger partial charge in [-0.15, -0.1) is 11.3 Å². The van der Waals surface area contributed by atoms with E-state index in [-0.39, 0.29) is 23.5 Å². The molecule has 1 aliphatic rings. The Morgan fingerprint density at radius 3 is 2.35 bits per heavy atom. The smallest absolute Gasteiger partial charge is 0.410 e. The number of hydrogen-bond donors (Lipinski definition) is 3. The van der Waals surface area contributed by atoms with Crippen molar-refractivity contribution in [1.82, 2.24) is 10.2 Å². The summed E-state index contributed by atoms with van der Waals surface area (Å²) in [6.07, 6.45) is 0.704. The summed E-state index contributed by atoms with van der Waals surface area (Å²) in [6.45, 7) is 5.47. The standard InChI is InChI=1S/C25H30N2O9S/c1-25(2,3)36-24(33)27-9-7-19-16(12-27)11-20(37-19)23(32)26-8-6-15-4-5-17(34-13-21(28)29)18(10-15)35-14-22(30)31/h4-5,10-11H,6-9,12-14H2,1-3H3,(H,26,32)(H,28,29)(H,30,31). The summed E-state index contributed by atoms with van der Waals surface area (Å²) in [5.74, 6) is -2.38. The molecule has 37 heavy (non-hydrogen) atoms. The lowest BCUT2D eigenvalue weighted by molar-refractivity contribution is -0.140. The fourth-order valence-corrected chi connectivity index (χ4v) is 4.63. The van der Waals surface area contributed by atoms with Gasteiger partial charge in [-0.1, -0.05) is 6.07 Å². The van der Waals surface area contributed by atoms with E-state index in [0.717, 1.165) is 16.0 Å². The summed E-state index contributed by atoms with van der Waals surface area (Å²) < 4.78 is 15.8. The average molecular weight is 535 g/mol. The molecule has 0 spiro atoms. The number of nitrogens with one attached hydrogen (secondary N) is 1. The average Bonchev–Trinajstić information content (AvgIpc) is 3.24. The number of fused-ring (bicyclic) bond motifs is 1. The third-order valence-electron chi connectivity index (χ3n) is 5.15. The van der Waals surface area contributed by atoms with Crippen LogP contribution in [0.15, 0.2) is 24.3 Å². The van der Waals surface area contributed by atoms with Crippen molar-refractivity contribution in [3.05, 3.63) is 45.1 Å². The summed E-state index contributed by atoms with van der Waals surface area (Å²) in [5, 5.41) is 20.6. The van der Waals surface area contributed by atoms with Crippen molar-refractivity contribution in [3.8, 4) is 11.5 Å². The number of rotatable bonds is 10. The number of carbonyl (C=O) groups excluding carboxylic acids is 2. The Hall–Kier alpha value is -3.80. The molecule has 0 radical (unpaired) electrons. The van der Waals surface area contributed by atoms with Gasteiger partial charge in [-0.25, -0.2) is 14.4 Å². The largest absolute Gasteiger partial charge is 0.479 e. The van der Waals surface area contributed by atoms with Gasteiger partial charge in [0, 0.05) is 18.0 Å². The van der Waals surface area contributed by atoms with E-state index in [1.807, 2.05) is 20.8 Å². The molecule has 200 valence electrons. The van der Waals surface area contributed by atoms with Crippen LogP contribution < -0.4 is 14.8 Å². The predicted octanol–water partition coefficient (Wildman–Crippen LogP) is 2.94. The van der Waals surface area contributed by atoms with Crippen LogP contribution in [-0.4, -0.2) is 71.0 Å². The number of amides is 2. The number of ether oxygens (including phenoxy) is 3. The van der Waals surface area contributed by atoms with Crippen molar-refractivity contribution in [1.29, 1.82) is 0 Å². The molecule has 12 heteroatoms. The highest BCUT2D eigenvalue weighted by molar-refractivity contribution is 7.14. The van der Waals surface area contributed by atoms with Crippen LogP contribution in [0, 0.1) is 0 Å². The number of carboxylic acid groups (broad SMARTS) is 2. The van der Waals surface area contributed by atoms with E-state index >= 15 is 0 Å². The molecule has 0 fully saturated rings. The molecule has 0 saturated heterocycles. The molecular formula is C25H30N2O9S. The summed E-state index contributed by atoms with van der Waals surface area (Å²) in [5.41, 5.74) is 1.10. The van der Waals surface area contributed by atoms with Crippen LogP contribution in [0.3, 0.4) is 0 Å². The molecule has 11 nitrogen and oxygen atoms in total. The van der Waals surface area contributed by atoms with Crippen molar-refractivity contribution in [2.45, 2.75) is 45.8 Å². The SMILES string of the molecule is CC(C)(C)OC(=O)N1CCc2sc(C(=O)NCCc3ccc(OCC(=O)O)c(OCC(=O)O)c3)cc2C1. The zero-order chi connectivity index (χ0) is 27.2. The second-order valence-corrected chi connectivity index (χ2v) is 10.5. The second kappa shape index (κ2) is 12.0. The maximum atomic E-state index is 12.7. The molecule has 1 aliphatic heterocycles. The molecule has 1 aromatic carbocycles. The number of carbonyl (C=O) groups is 4. The molecule has 2 amide bonds. The molecule has 0 bridgehead atoms. The van der Waals surface area contributed by atoms with E-state index in [2.05, 4.69) is 5.32 Å². The van der Waals surface area contributed by atoms with E-state index in [1.54, 1.807) is 23.1 Å². The van der Waals surface area contributed by atoms with Crippen LogP contribution in [0.5, 0.6) is 11.5 Å². The Morgan fingerprint density at radius 1 is 1.03 bits per heavy atom. The van der Waals surface area contributed by atoms with Gasteiger partial charge in [-0.2, -0.15) is 0 Å². The Morgan fingerprint density at radius 2 is 1.70 bits per heavy atom. The lowest BCUT2D eigenvalue weighted by atomic mass is 10.1. The molecular weight excluding hydrogens is 504 g/mol. The summed E-state index contributed by atoms with van der Waals surface area (Å²) in [6, 6.07) is 6.55. The lowest BCUT2D eigenvalue weighted by Gasteiger charge is -2.29. The van der Waals surface area contributed by atoms with Crippen LogP contribution >= 0.6 is 11.3 Å². The minimum Gasteiger partial charge on any atom is -0.479 e. The van der Waals surface area contributed by atoms with Crippen LogP contribution in [0.4, 0.5) is 4.79 Å². The molecule has 0 saturated carbocycles. The van der Waals surface area contributed by atoms with Gasteiger partial charge in [-0.3, -0.25) is 4.79 Å². The van der Waals surface area contributed by atoms with Crippen LogP contribution in [-0.2, 0) is 33.7 Å². The number of hydrogen-bond acceptors (Lipinski definition) is 8. The Bertz CT molecular complexity index is 1170. The molecule has 2 aromatic rings. The quantitative estimate of drug-likeness (QED) is 0.418. The third-order valence-corrected chi connectivity index (χ3v) is 6.39. The summed E-state index contributed by atoms with van der Waals surface area (Å²) in [7, 11) is 0. The fraction of sp³-hybridized carbons (Fsp3) is 0.440. The normalized spacial score (nSPS) is 12.9. The molecule has 3 rings (SSSR count). The Labute approximate surface area is 217 Å². The number of benzene rings is 1.